The van der Waals surface area contributed by atoms with Crippen LogP contribution < -0.4 is 10.6 Å². The Hall–Kier alpha value is -3.46. The van der Waals surface area contributed by atoms with Gasteiger partial charge in [-0.1, -0.05) is 30.3 Å². The quantitative estimate of drug-likeness (QED) is 0.631. The summed E-state index contributed by atoms with van der Waals surface area (Å²) in [6.07, 6.45) is 0.216. The van der Waals surface area contributed by atoms with E-state index in [2.05, 4.69) is 14.3 Å². The van der Waals surface area contributed by atoms with Gasteiger partial charge in [0.1, 0.15) is 6.10 Å². The van der Waals surface area contributed by atoms with Crippen molar-refractivity contribution < 1.29 is 14.3 Å². The van der Waals surface area contributed by atoms with E-state index in [0.717, 1.165) is 16.3 Å². The van der Waals surface area contributed by atoms with Gasteiger partial charge in [-0.2, -0.15) is 9.36 Å². The fraction of sp³-hybridized carbons (Fsp3) is 0.273. The number of hydrogen-bond donors (Lipinski definition) is 1. The van der Waals surface area contributed by atoms with Gasteiger partial charge < -0.3 is 20.3 Å². The fourth-order valence-corrected chi connectivity index (χ4v) is 4.67. The summed E-state index contributed by atoms with van der Waals surface area (Å²) in [4.78, 5) is 33.7. The van der Waals surface area contributed by atoms with Crippen LogP contribution in [0.1, 0.15) is 37.9 Å². The number of carbonyl (C=O) groups excluding carboxylic acids is 2. The molecule has 0 spiro atoms. The highest BCUT2D eigenvalue weighted by Crippen LogP contribution is 2.31. The van der Waals surface area contributed by atoms with Crippen molar-refractivity contribution in [2.75, 3.05) is 36.8 Å². The average Bonchev–Trinajstić information content (AvgIpc) is 3.25. The van der Waals surface area contributed by atoms with Crippen molar-refractivity contribution in [1.82, 2.24) is 14.3 Å². The van der Waals surface area contributed by atoms with Crippen LogP contribution in [-0.2, 0) is 11.2 Å². The molecule has 1 unspecified atom stereocenters. The molecule has 158 valence electrons. The maximum absolute atomic E-state index is 13.1. The van der Waals surface area contributed by atoms with Crippen molar-refractivity contribution in [2.24, 2.45) is 0 Å². The number of benzene rings is 2. The Balaban J connectivity index is 1.30. The lowest BCUT2D eigenvalue weighted by Gasteiger charge is -2.34. The number of amides is 1. The van der Waals surface area contributed by atoms with Crippen molar-refractivity contribution >= 4 is 34.5 Å². The first kappa shape index (κ1) is 19.5. The van der Waals surface area contributed by atoms with Gasteiger partial charge in [-0.25, -0.2) is 4.79 Å². The molecule has 2 aromatic carbocycles. The molecule has 3 aromatic rings. The molecule has 1 fully saturated rings. The van der Waals surface area contributed by atoms with E-state index in [1.807, 2.05) is 41.3 Å². The van der Waals surface area contributed by atoms with Gasteiger partial charge in [0.25, 0.3) is 5.91 Å². The molecule has 0 saturated carbocycles. The van der Waals surface area contributed by atoms with E-state index in [9.17, 15) is 9.59 Å². The highest BCUT2D eigenvalue weighted by atomic mass is 32.1. The molecule has 1 saturated heterocycles. The molecule has 0 bridgehead atoms. The maximum atomic E-state index is 13.1. The molecular weight excluding hydrogens is 414 g/mol. The summed E-state index contributed by atoms with van der Waals surface area (Å²) < 4.78 is 9.63. The molecule has 2 aliphatic heterocycles. The van der Waals surface area contributed by atoms with Crippen LogP contribution >= 0.6 is 11.5 Å². The number of hydrogen-bond acceptors (Lipinski definition) is 8. The second kappa shape index (κ2) is 7.99. The molecule has 5 rings (SSSR count). The molecule has 8 nitrogen and oxygen atoms in total. The van der Waals surface area contributed by atoms with Crippen molar-refractivity contribution in [1.29, 1.82) is 0 Å². The zero-order valence-corrected chi connectivity index (χ0v) is 17.5. The van der Waals surface area contributed by atoms with Gasteiger partial charge in [0.15, 0.2) is 0 Å². The number of nitrogens with zero attached hydrogens (tertiary/aromatic N) is 4. The normalized spacial score (nSPS) is 18.5. The molecule has 2 aliphatic rings. The number of aromatic nitrogens is 2. The monoisotopic (exact) mass is 435 g/mol. The Morgan fingerprint density at radius 2 is 1.87 bits per heavy atom. The van der Waals surface area contributed by atoms with Gasteiger partial charge in [0.05, 0.1) is 5.56 Å². The number of esters is 1. The fourth-order valence-electron chi connectivity index (χ4n) is 4.02. The van der Waals surface area contributed by atoms with Gasteiger partial charge in [-0.3, -0.25) is 4.79 Å². The number of anilines is 2. The van der Waals surface area contributed by atoms with Gasteiger partial charge in [-0.05, 0) is 29.3 Å². The maximum Gasteiger partial charge on any atom is 0.339 e. The topological polar surface area (TPSA) is 102 Å². The minimum absolute atomic E-state index is 0.0329. The van der Waals surface area contributed by atoms with Gasteiger partial charge in [0, 0.05) is 49.7 Å². The number of piperazine rings is 1. The lowest BCUT2D eigenvalue weighted by atomic mass is 9.93. The van der Waals surface area contributed by atoms with Crippen LogP contribution in [0.25, 0.3) is 0 Å². The van der Waals surface area contributed by atoms with Crippen LogP contribution in [0.5, 0.6) is 0 Å². The van der Waals surface area contributed by atoms with Crippen LogP contribution in [0, 0.1) is 0 Å². The third-order valence-electron chi connectivity index (χ3n) is 5.67. The Kier molecular flexibility index (Phi) is 5.03. The molecule has 1 amide bonds. The third kappa shape index (κ3) is 3.84. The van der Waals surface area contributed by atoms with Crippen molar-refractivity contribution in [3.63, 3.8) is 0 Å². The van der Waals surface area contributed by atoms with E-state index < -0.39 is 0 Å². The van der Waals surface area contributed by atoms with Crippen molar-refractivity contribution in [2.45, 2.75) is 12.5 Å². The minimum Gasteiger partial charge on any atom is -0.454 e. The first-order valence-corrected chi connectivity index (χ1v) is 10.9. The molecule has 0 aliphatic carbocycles. The first-order valence-electron chi connectivity index (χ1n) is 10.1. The van der Waals surface area contributed by atoms with Crippen LogP contribution in [0.3, 0.4) is 0 Å². The predicted octanol–water partition coefficient (Wildman–Crippen LogP) is 2.54. The highest BCUT2D eigenvalue weighted by molar-refractivity contribution is 7.09. The third-order valence-corrected chi connectivity index (χ3v) is 6.46. The summed E-state index contributed by atoms with van der Waals surface area (Å²) in [7, 11) is 0. The number of nitrogens with two attached hydrogens (primary N) is 1. The molecule has 31 heavy (non-hydrogen) atoms. The van der Waals surface area contributed by atoms with E-state index in [4.69, 9.17) is 10.5 Å². The number of nitrogen functional groups attached to an aromatic ring is 1. The summed E-state index contributed by atoms with van der Waals surface area (Å²) in [6.45, 7) is 2.52. The predicted molar refractivity (Wildman–Crippen MR) is 117 cm³/mol. The summed E-state index contributed by atoms with van der Waals surface area (Å²) in [5.74, 6) is -0.103. The first-order chi connectivity index (χ1) is 15.1. The zero-order chi connectivity index (χ0) is 21.4. The van der Waals surface area contributed by atoms with Gasteiger partial charge in [-0.15, -0.1) is 0 Å². The average molecular weight is 436 g/mol. The molecule has 1 aromatic heterocycles. The second-order valence-electron chi connectivity index (χ2n) is 7.60. The lowest BCUT2D eigenvalue weighted by Crippen LogP contribution is -2.48. The van der Waals surface area contributed by atoms with E-state index in [-0.39, 0.29) is 23.9 Å². The zero-order valence-electron chi connectivity index (χ0n) is 16.7. The van der Waals surface area contributed by atoms with E-state index in [1.165, 1.54) is 11.5 Å². The van der Waals surface area contributed by atoms with E-state index >= 15 is 0 Å². The van der Waals surface area contributed by atoms with Gasteiger partial charge >= 0.3 is 5.97 Å². The molecular formula is C22H21N5O3S. The number of cyclic esters (lactones) is 1. The van der Waals surface area contributed by atoms with E-state index in [0.29, 0.717) is 43.7 Å². The summed E-state index contributed by atoms with van der Waals surface area (Å²) in [5.41, 5.74) is 8.53. The second-order valence-corrected chi connectivity index (χ2v) is 8.33. The number of carbonyl (C=O) groups is 2. The minimum atomic E-state index is -0.348. The van der Waals surface area contributed by atoms with Crippen molar-refractivity contribution in [3.05, 3.63) is 70.8 Å². The summed E-state index contributed by atoms with van der Waals surface area (Å²) >= 11 is 1.27. The highest BCUT2D eigenvalue weighted by Gasteiger charge is 2.29. The molecule has 9 heteroatoms. The molecule has 1 atom stereocenters. The van der Waals surface area contributed by atoms with E-state index in [1.54, 1.807) is 12.1 Å². The van der Waals surface area contributed by atoms with Crippen LogP contribution in [0.4, 0.5) is 11.1 Å². The Morgan fingerprint density at radius 1 is 1.10 bits per heavy atom. The van der Waals surface area contributed by atoms with Crippen LogP contribution in [0.2, 0.25) is 0 Å². The Morgan fingerprint density at radius 3 is 2.58 bits per heavy atom. The SMILES string of the molecule is Nc1nsc(N2CCN(C(=O)c3ccc4c(c3)CC(c3ccccc3)OC4=O)CC2)n1. The number of ether oxygens (including phenoxy) is 1. The molecule has 2 N–H and O–H groups in total. The lowest BCUT2D eigenvalue weighted by molar-refractivity contribution is 0.0252. The van der Waals surface area contributed by atoms with Gasteiger partial charge in [0.2, 0.25) is 11.1 Å². The Bertz CT molecular complexity index is 1130. The Labute approximate surface area is 183 Å². The number of rotatable bonds is 3. The van der Waals surface area contributed by atoms with Crippen LogP contribution in [-0.4, -0.2) is 52.3 Å². The largest absolute Gasteiger partial charge is 0.454 e. The van der Waals surface area contributed by atoms with Crippen LogP contribution in [0.15, 0.2) is 48.5 Å². The van der Waals surface area contributed by atoms with Crippen molar-refractivity contribution in [3.8, 4) is 0 Å². The summed E-state index contributed by atoms with van der Waals surface area (Å²) in [6, 6.07) is 14.9. The number of fused-ring (bicyclic) bond motifs is 1. The smallest absolute Gasteiger partial charge is 0.339 e. The molecule has 3 heterocycles. The standard InChI is InChI=1S/C22H21N5O3S/c23-21-24-22(31-25-21)27-10-8-26(9-11-27)19(28)15-6-7-17-16(12-15)13-18(30-20(17)29)14-4-2-1-3-5-14/h1-7,12,18H,8-11,13H2,(H2,23,25). The summed E-state index contributed by atoms with van der Waals surface area (Å²) in [5, 5.41) is 0.781. The molecule has 0 radical (unpaired) electrons.